The van der Waals surface area contributed by atoms with Gasteiger partial charge in [-0.05, 0) is 38.1 Å². The lowest BCUT2D eigenvalue weighted by molar-refractivity contribution is -0.254. The van der Waals surface area contributed by atoms with Crippen molar-refractivity contribution < 1.29 is 33.9 Å². The summed E-state index contributed by atoms with van der Waals surface area (Å²) in [5.74, 6) is 0.371. The summed E-state index contributed by atoms with van der Waals surface area (Å²) in [5.41, 5.74) is 0. The first kappa shape index (κ1) is 16.5. The van der Waals surface area contributed by atoms with Gasteiger partial charge in [0.05, 0.1) is 13.7 Å². The smallest absolute Gasteiger partial charge is 0.229 e. The summed E-state index contributed by atoms with van der Waals surface area (Å²) in [5, 5.41) is 20.0. The molecule has 2 fully saturated rings. The lowest BCUT2D eigenvalue weighted by Crippen LogP contribution is -2.58. The molecule has 7 nitrogen and oxygen atoms in total. The van der Waals surface area contributed by atoms with Gasteiger partial charge < -0.3 is 33.9 Å². The van der Waals surface area contributed by atoms with Crippen molar-refractivity contribution in [3.8, 4) is 11.5 Å². The number of aliphatic hydroxyl groups is 2. The maximum Gasteiger partial charge on any atom is 0.229 e. The van der Waals surface area contributed by atoms with Crippen molar-refractivity contribution >= 4 is 0 Å². The fraction of sp³-hybridized carbons (Fsp3) is 0.625. The number of ether oxygens (including phenoxy) is 5. The predicted octanol–water partition coefficient (Wildman–Crippen LogP) is 0.672. The Morgan fingerprint density at radius 2 is 1.70 bits per heavy atom. The van der Waals surface area contributed by atoms with Crippen LogP contribution in [0.25, 0.3) is 0 Å². The van der Waals surface area contributed by atoms with Crippen molar-refractivity contribution in [1.29, 1.82) is 0 Å². The molecule has 3 rings (SSSR count). The van der Waals surface area contributed by atoms with Gasteiger partial charge in [0.25, 0.3) is 0 Å². The Labute approximate surface area is 134 Å². The zero-order chi connectivity index (χ0) is 16.6. The minimum Gasteiger partial charge on any atom is -0.497 e. The second-order valence-electron chi connectivity index (χ2n) is 6.07. The molecule has 128 valence electrons. The van der Waals surface area contributed by atoms with E-state index in [4.69, 9.17) is 23.7 Å². The van der Waals surface area contributed by atoms with Crippen molar-refractivity contribution in [2.75, 3.05) is 13.7 Å². The van der Waals surface area contributed by atoms with Crippen LogP contribution in [0.1, 0.15) is 13.8 Å². The van der Waals surface area contributed by atoms with Crippen molar-refractivity contribution in [3.05, 3.63) is 24.3 Å². The van der Waals surface area contributed by atoms with Gasteiger partial charge in [-0.25, -0.2) is 0 Å². The molecule has 2 saturated heterocycles. The summed E-state index contributed by atoms with van der Waals surface area (Å²) >= 11 is 0. The highest BCUT2D eigenvalue weighted by Gasteiger charge is 2.55. The number of rotatable bonds is 4. The van der Waals surface area contributed by atoms with Crippen molar-refractivity contribution in [2.45, 2.75) is 50.3 Å². The lowest BCUT2D eigenvalue weighted by atomic mass is 9.99. The van der Waals surface area contributed by atoms with Gasteiger partial charge in [-0.15, -0.1) is 0 Å². The Balaban J connectivity index is 1.74. The molecule has 7 heteroatoms. The van der Waals surface area contributed by atoms with E-state index < -0.39 is 36.5 Å². The van der Waals surface area contributed by atoms with Crippen LogP contribution in [0.15, 0.2) is 24.3 Å². The zero-order valence-corrected chi connectivity index (χ0v) is 13.3. The standard InChI is InChI=1S/C16H22O7/c1-16(2)22-13-11(8-17)21-15(12(18)14(13)23-16)20-10-6-4-9(19-3)5-7-10/h4-7,11-15,17-18H,8H2,1-3H3/t11?,12?,13-,14?,15+/m0/s1. The Hall–Kier alpha value is -1.38. The van der Waals surface area contributed by atoms with Gasteiger partial charge in [-0.2, -0.15) is 0 Å². The number of aliphatic hydroxyl groups excluding tert-OH is 2. The SMILES string of the molecule is COc1ccc(O[C@@H]2OC(CO)[C@@H]3OC(C)(C)OC3C2O)cc1. The Morgan fingerprint density at radius 1 is 1.09 bits per heavy atom. The van der Waals surface area contributed by atoms with Crippen LogP contribution < -0.4 is 9.47 Å². The van der Waals surface area contributed by atoms with Crippen molar-refractivity contribution in [3.63, 3.8) is 0 Å². The molecule has 23 heavy (non-hydrogen) atoms. The van der Waals surface area contributed by atoms with Gasteiger partial charge in [-0.1, -0.05) is 0 Å². The average Bonchev–Trinajstić information content (AvgIpc) is 2.87. The van der Waals surface area contributed by atoms with Gasteiger partial charge in [0.15, 0.2) is 5.79 Å². The minimum absolute atomic E-state index is 0.254. The fourth-order valence-electron chi connectivity index (χ4n) is 2.89. The van der Waals surface area contributed by atoms with Gasteiger partial charge >= 0.3 is 0 Å². The van der Waals surface area contributed by atoms with Crippen LogP contribution >= 0.6 is 0 Å². The molecular weight excluding hydrogens is 304 g/mol. The maximum absolute atomic E-state index is 10.5. The molecule has 0 bridgehead atoms. The Kier molecular flexibility index (Phi) is 4.48. The molecule has 2 heterocycles. The maximum atomic E-state index is 10.5. The van der Waals surface area contributed by atoms with Gasteiger partial charge in [0, 0.05) is 0 Å². The molecule has 3 unspecified atom stereocenters. The molecule has 2 aliphatic heterocycles. The summed E-state index contributed by atoms with van der Waals surface area (Å²) < 4.78 is 27.9. The van der Waals surface area contributed by atoms with Gasteiger partial charge in [0.1, 0.15) is 35.9 Å². The highest BCUT2D eigenvalue weighted by molar-refractivity contribution is 5.31. The molecular formula is C16H22O7. The predicted molar refractivity (Wildman–Crippen MR) is 79.2 cm³/mol. The number of fused-ring (bicyclic) bond motifs is 1. The highest BCUT2D eigenvalue weighted by atomic mass is 16.8. The normalized spacial score (nSPS) is 35.6. The van der Waals surface area contributed by atoms with Gasteiger partial charge in [-0.3, -0.25) is 0 Å². The summed E-state index contributed by atoms with van der Waals surface area (Å²) in [7, 11) is 1.58. The second kappa shape index (κ2) is 6.26. The van der Waals surface area contributed by atoms with Crippen LogP contribution in [0.3, 0.4) is 0 Å². The summed E-state index contributed by atoms with van der Waals surface area (Å²) in [6.07, 6.45) is -3.79. The van der Waals surface area contributed by atoms with E-state index in [0.29, 0.717) is 11.5 Å². The molecule has 5 atom stereocenters. The Morgan fingerprint density at radius 3 is 2.30 bits per heavy atom. The van der Waals surface area contributed by atoms with Crippen molar-refractivity contribution in [2.24, 2.45) is 0 Å². The number of hydrogen-bond acceptors (Lipinski definition) is 7. The first-order valence-electron chi connectivity index (χ1n) is 7.54. The van der Waals surface area contributed by atoms with E-state index >= 15 is 0 Å². The average molecular weight is 326 g/mol. The molecule has 2 aliphatic rings. The van der Waals surface area contributed by atoms with E-state index in [9.17, 15) is 10.2 Å². The van der Waals surface area contributed by atoms with Crippen LogP contribution in [0, 0.1) is 0 Å². The molecule has 2 N–H and O–H groups in total. The number of benzene rings is 1. The third-order valence-electron chi connectivity index (χ3n) is 3.95. The minimum atomic E-state index is -1.04. The van der Waals surface area contributed by atoms with Crippen LogP contribution in [0.2, 0.25) is 0 Å². The second-order valence-corrected chi connectivity index (χ2v) is 6.07. The first-order chi connectivity index (χ1) is 10.9. The van der Waals surface area contributed by atoms with Crippen molar-refractivity contribution in [1.82, 2.24) is 0 Å². The quantitative estimate of drug-likeness (QED) is 0.841. The molecule has 0 aliphatic carbocycles. The molecule has 1 aromatic rings. The molecule has 1 aromatic carbocycles. The number of methoxy groups -OCH3 is 1. The van der Waals surface area contributed by atoms with E-state index in [1.807, 2.05) is 0 Å². The Bertz CT molecular complexity index is 530. The van der Waals surface area contributed by atoms with E-state index in [2.05, 4.69) is 0 Å². The monoisotopic (exact) mass is 326 g/mol. The zero-order valence-electron chi connectivity index (χ0n) is 13.3. The largest absolute Gasteiger partial charge is 0.497 e. The third-order valence-corrected chi connectivity index (χ3v) is 3.95. The first-order valence-corrected chi connectivity index (χ1v) is 7.54. The van der Waals surface area contributed by atoms with Gasteiger partial charge in [0.2, 0.25) is 6.29 Å². The van der Waals surface area contributed by atoms with E-state index in [1.165, 1.54) is 0 Å². The summed E-state index contributed by atoms with van der Waals surface area (Å²) in [4.78, 5) is 0. The molecule has 0 spiro atoms. The van der Waals surface area contributed by atoms with E-state index in [0.717, 1.165) is 0 Å². The number of hydrogen-bond donors (Lipinski definition) is 2. The van der Waals surface area contributed by atoms with Crippen LogP contribution in [0.4, 0.5) is 0 Å². The topological polar surface area (TPSA) is 86.6 Å². The molecule has 0 saturated carbocycles. The molecule has 0 aromatic heterocycles. The van der Waals surface area contributed by atoms with E-state index in [-0.39, 0.29) is 6.61 Å². The highest BCUT2D eigenvalue weighted by Crippen LogP contribution is 2.38. The molecule has 0 amide bonds. The lowest BCUT2D eigenvalue weighted by Gasteiger charge is -2.39. The van der Waals surface area contributed by atoms with Crippen LogP contribution in [0.5, 0.6) is 11.5 Å². The summed E-state index contributed by atoms with van der Waals surface area (Å²) in [6, 6.07) is 6.92. The fourth-order valence-corrected chi connectivity index (χ4v) is 2.89. The van der Waals surface area contributed by atoms with E-state index in [1.54, 1.807) is 45.2 Å². The van der Waals surface area contributed by atoms with Crippen LogP contribution in [-0.4, -0.2) is 60.4 Å². The third kappa shape index (κ3) is 3.29. The van der Waals surface area contributed by atoms with Crippen LogP contribution in [-0.2, 0) is 14.2 Å². The molecule has 0 radical (unpaired) electrons. The summed E-state index contributed by atoms with van der Waals surface area (Å²) in [6.45, 7) is 3.26.